The summed E-state index contributed by atoms with van der Waals surface area (Å²) in [5.41, 5.74) is 0.0455. The Balaban J connectivity index is 2.36. The number of carbonyl (C=O) groups is 3. The first-order valence-corrected chi connectivity index (χ1v) is 7.41. The van der Waals surface area contributed by atoms with Crippen molar-refractivity contribution in [2.45, 2.75) is 19.8 Å². The van der Waals surface area contributed by atoms with Gasteiger partial charge < -0.3 is 20.4 Å². The van der Waals surface area contributed by atoms with Crippen molar-refractivity contribution in [3.63, 3.8) is 0 Å². The number of aliphatic hydroxyl groups excluding tert-OH is 3. The molecule has 0 unspecified atom stereocenters. The smallest absolute Gasteiger partial charge is 0.336 e. The van der Waals surface area contributed by atoms with E-state index < -0.39 is 37.4 Å². The molecular weight excluding hydrogens is 328 g/mol. The molecule has 0 saturated heterocycles. The second-order valence-corrected chi connectivity index (χ2v) is 5.63. The first-order valence-electron chi connectivity index (χ1n) is 7.41. The molecule has 3 rings (SSSR count). The average molecular weight is 342 g/mol. The number of hydrogen-bond donors (Lipinski definition) is 4. The molecule has 1 aliphatic carbocycles. The maximum Gasteiger partial charge on any atom is 0.336 e. The lowest BCUT2D eigenvalue weighted by atomic mass is 9.78. The van der Waals surface area contributed by atoms with Crippen molar-refractivity contribution in [1.29, 1.82) is 0 Å². The number of hydrogen-bond acceptors (Lipinski definition) is 6. The van der Waals surface area contributed by atoms with Crippen LogP contribution in [0.4, 0.5) is 0 Å². The van der Waals surface area contributed by atoms with Crippen molar-refractivity contribution in [3.8, 4) is 0 Å². The Kier molecular flexibility index (Phi) is 4.22. The molecule has 0 spiro atoms. The van der Waals surface area contributed by atoms with Crippen LogP contribution in [0.1, 0.15) is 58.9 Å². The third kappa shape index (κ3) is 2.45. The number of benzene rings is 2. The lowest BCUT2D eigenvalue weighted by molar-refractivity contribution is 0.0692. The Morgan fingerprint density at radius 3 is 1.60 bits per heavy atom. The number of fused-ring (bicyclic) bond motifs is 2. The number of ketones is 2. The normalized spacial score (nSPS) is 12.8. The van der Waals surface area contributed by atoms with Crippen LogP contribution in [0.5, 0.6) is 0 Å². The highest BCUT2D eigenvalue weighted by molar-refractivity contribution is 6.29. The van der Waals surface area contributed by atoms with E-state index in [1.807, 2.05) is 0 Å². The van der Waals surface area contributed by atoms with E-state index >= 15 is 0 Å². The fourth-order valence-corrected chi connectivity index (χ4v) is 3.09. The summed E-state index contributed by atoms with van der Waals surface area (Å²) in [6, 6.07) is 5.16. The van der Waals surface area contributed by atoms with Crippen molar-refractivity contribution in [3.05, 3.63) is 68.8 Å². The molecular formula is C18H14O7. The van der Waals surface area contributed by atoms with Crippen molar-refractivity contribution >= 4 is 17.5 Å². The highest BCUT2D eigenvalue weighted by Gasteiger charge is 2.34. The summed E-state index contributed by atoms with van der Waals surface area (Å²) in [5.74, 6) is -2.49. The van der Waals surface area contributed by atoms with Crippen LogP contribution in [0.3, 0.4) is 0 Å². The van der Waals surface area contributed by atoms with E-state index in [1.54, 1.807) is 0 Å². The Labute approximate surface area is 141 Å². The fraction of sp³-hybridized carbons (Fsp3) is 0.167. The van der Waals surface area contributed by atoms with Gasteiger partial charge in [-0.25, -0.2) is 4.79 Å². The number of carbonyl (C=O) groups excluding carboxylic acids is 2. The molecule has 0 amide bonds. The van der Waals surface area contributed by atoms with Gasteiger partial charge in [-0.05, 0) is 28.8 Å². The molecule has 128 valence electrons. The maximum atomic E-state index is 12.9. The van der Waals surface area contributed by atoms with Crippen molar-refractivity contribution in [2.75, 3.05) is 0 Å². The minimum atomic E-state index is -1.33. The van der Waals surface area contributed by atoms with E-state index in [-0.39, 0.29) is 44.5 Å². The van der Waals surface area contributed by atoms with E-state index in [2.05, 4.69) is 0 Å². The minimum absolute atomic E-state index is 0.00138. The molecule has 2 aromatic rings. The molecule has 25 heavy (non-hydrogen) atoms. The Morgan fingerprint density at radius 2 is 1.20 bits per heavy atom. The van der Waals surface area contributed by atoms with Gasteiger partial charge in [0, 0.05) is 22.3 Å². The van der Waals surface area contributed by atoms with Crippen LogP contribution in [0.2, 0.25) is 0 Å². The fourth-order valence-electron chi connectivity index (χ4n) is 3.09. The van der Waals surface area contributed by atoms with Gasteiger partial charge in [0.2, 0.25) is 0 Å². The molecule has 0 bridgehead atoms. The highest BCUT2D eigenvalue weighted by atomic mass is 16.4. The van der Waals surface area contributed by atoms with Crippen LogP contribution >= 0.6 is 0 Å². The van der Waals surface area contributed by atoms with Gasteiger partial charge in [-0.3, -0.25) is 9.59 Å². The summed E-state index contributed by atoms with van der Waals surface area (Å²) >= 11 is 0. The van der Waals surface area contributed by atoms with Gasteiger partial charge in [0.1, 0.15) is 0 Å². The number of rotatable bonds is 4. The van der Waals surface area contributed by atoms with Crippen molar-refractivity contribution < 1.29 is 34.8 Å². The molecule has 2 aromatic carbocycles. The van der Waals surface area contributed by atoms with Crippen molar-refractivity contribution in [2.24, 2.45) is 0 Å². The minimum Gasteiger partial charge on any atom is -0.478 e. The van der Waals surface area contributed by atoms with Crippen LogP contribution in [0, 0.1) is 0 Å². The molecule has 7 nitrogen and oxygen atoms in total. The zero-order chi connectivity index (χ0) is 18.3. The molecule has 0 fully saturated rings. The molecule has 0 heterocycles. The Hall–Kier alpha value is -2.87. The second kappa shape index (κ2) is 6.21. The predicted octanol–water partition coefficient (Wildman–Crippen LogP) is 0.637. The number of carboxylic acid groups (broad SMARTS) is 1. The zero-order valence-electron chi connectivity index (χ0n) is 12.9. The first kappa shape index (κ1) is 17.0. The first-order chi connectivity index (χ1) is 11.9. The Bertz CT molecular complexity index is 928. The SMILES string of the molecule is O=C(O)c1cc2c(cc1CO)C(=O)c1c(CO)ccc(CO)c1C2=O. The van der Waals surface area contributed by atoms with E-state index in [0.29, 0.717) is 0 Å². The van der Waals surface area contributed by atoms with Gasteiger partial charge in [-0.2, -0.15) is 0 Å². The zero-order valence-corrected chi connectivity index (χ0v) is 12.9. The molecule has 0 saturated carbocycles. The van der Waals surface area contributed by atoms with Gasteiger partial charge in [0.15, 0.2) is 11.6 Å². The monoisotopic (exact) mass is 342 g/mol. The quantitative estimate of drug-likeness (QED) is 0.547. The van der Waals surface area contributed by atoms with Crippen LogP contribution in [-0.2, 0) is 19.8 Å². The predicted molar refractivity (Wildman–Crippen MR) is 84.5 cm³/mol. The van der Waals surface area contributed by atoms with E-state index in [4.69, 9.17) is 0 Å². The van der Waals surface area contributed by atoms with Gasteiger partial charge in [0.05, 0.1) is 25.4 Å². The second-order valence-electron chi connectivity index (χ2n) is 5.63. The van der Waals surface area contributed by atoms with Gasteiger partial charge >= 0.3 is 5.97 Å². The molecule has 0 atom stereocenters. The molecule has 0 radical (unpaired) electrons. The highest BCUT2D eigenvalue weighted by Crippen LogP contribution is 2.33. The largest absolute Gasteiger partial charge is 0.478 e. The number of aromatic carboxylic acids is 1. The lowest BCUT2D eigenvalue weighted by Gasteiger charge is -2.23. The van der Waals surface area contributed by atoms with E-state index in [0.717, 1.165) is 6.07 Å². The third-order valence-electron chi connectivity index (χ3n) is 4.31. The maximum absolute atomic E-state index is 12.9. The molecule has 4 N–H and O–H groups in total. The number of carboxylic acids is 1. The topological polar surface area (TPSA) is 132 Å². The average Bonchev–Trinajstić information content (AvgIpc) is 2.63. The van der Waals surface area contributed by atoms with E-state index in [1.165, 1.54) is 18.2 Å². The lowest BCUT2D eigenvalue weighted by Crippen LogP contribution is -2.25. The van der Waals surface area contributed by atoms with Crippen LogP contribution in [0.15, 0.2) is 24.3 Å². The van der Waals surface area contributed by atoms with Crippen molar-refractivity contribution in [1.82, 2.24) is 0 Å². The summed E-state index contributed by atoms with van der Waals surface area (Å²) in [6.45, 7) is -1.56. The van der Waals surface area contributed by atoms with Gasteiger partial charge in [-0.1, -0.05) is 12.1 Å². The molecule has 7 heteroatoms. The van der Waals surface area contributed by atoms with Crippen LogP contribution < -0.4 is 0 Å². The van der Waals surface area contributed by atoms with Crippen LogP contribution in [0.25, 0.3) is 0 Å². The van der Waals surface area contributed by atoms with E-state index in [9.17, 15) is 34.8 Å². The van der Waals surface area contributed by atoms with Crippen LogP contribution in [-0.4, -0.2) is 38.0 Å². The Morgan fingerprint density at radius 1 is 0.760 bits per heavy atom. The molecule has 0 aliphatic heterocycles. The van der Waals surface area contributed by atoms with Gasteiger partial charge in [0.25, 0.3) is 0 Å². The summed E-state index contributed by atoms with van der Waals surface area (Å²) in [7, 11) is 0. The summed E-state index contributed by atoms with van der Waals surface area (Å²) < 4.78 is 0. The molecule has 0 aromatic heterocycles. The molecule has 1 aliphatic rings. The summed E-state index contributed by atoms with van der Waals surface area (Å²) in [5, 5.41) is 37.6. The standard InChI is InChI=1S/C18H14O7/c19-5-8-1-2-9(6-20)15-14(8)16(22)12-3-10(7-21)11(18(24)25)4-13(12)17(15)23/h1-4,19-21H,5-7H2,(H,24,25). The number of aliphatic hydroxyl groups is 3. The van der Waals surface area contributed by atoms with Gasteiger partial charge in [-0.15, -0.1) is 0 Å². The summed E-state index contributed by atoms with van der Waals surface area (Å²) in [6.07, 6.45) is 0. The summed E-state index contributed by atoms with van der Waals surface area (Å²) in [4.78, 5) is 37.1. The third-order valence-corrected chi connectivity index (χ3v) is 4.31.